The molecule has 1 fully saturated rings. The average Bonchev–Trinajstić information content (AvgIpc) is 2.18. The molecule has 0 N–H and O–H groups in total. The van der Waals surface area contributed by atoms with Gasteiger partial charge in [0.05, 0.1) is 0 Å². The van der Waals surface area contributed by atoms with E-state index in [0.29, 0.717) is 6.42 Å². The second kappa shape index (κ2) is 5.25. The molecule has 0 saturated heterocycles. The Morgan fingerprint density at radius 3 is 2.77 bits per heavy atom. The third-order valence-corrected chi connectivity index (χ3v) is 2.90. The van der Waals surface area contributed by atoms with Crippen LogP contribution in [-0.4, -0.2) is 12.1 Å². The summed E-state index contributed by atoms with van der Waals surface area (Å²) in [5.41, 5.74) is 0. The summed E-state index contributed by atoms with van der Waals surface area (Å²) in [6, 6.07) is 0. The summed E-state index contributed by atoms with van der Waals surface area (Å²) in [7, 11) is 0. The highest BCUT2D eigenvalue weighted by molar-refractivity contribution is 5.69. The molecule has 0 aliphatic heterocycles. The Morgan fingerprint density at radius 1 is 1.38 bits per heavy atom. The van der Waals surface area contributed by atoms with E-state index in [1.54, 1.807) is 0 Å². The van der Waals surface area contributed by atoms with E-state index in [9.17, 15) is 4.79 Å². The molecule has 1 aliphatic carbocycles. The van der Waals surface area contributed by atoms with Crippen LogP contribution < -0.4 is 0 Å². The first-order chi connectivity index (χ1) is 6.26. The molecule has 0 spiro atoms. The first-order valence-electron chi connectivity index (χ1n) is 5.45. The van der Waals surface area contributed by atoms with Gasteiger partial charge in [0.2, 0.25) is 0 Å². The number of carbonyl (C=O) groups is 1. The molecule has 2 nitrogen and oxygen atoms in total. The molecule has 1 rings (SSSR count). The van der Waals surface area contributed by atoms with Gasteiger partial charge in [-0.15, -0.1) is 0 Å². The van der Waals surface area contributed by atoms with Crippen molar-refractivity contribution in [2.24, 2.45) is 5.92 Å². The largest absolute Gasteiger partial charge is 0.462 e. The number of carbonyl (C=O) groups excluding carboxylic acids is 1. The van der Waals surface area contributed by atoms with Gasteiger partial charge in [0, 0.05) is 6.42 Å². The van der Waals surface area contributed by atoms with E-state index < -0.39 is 0 Å². The van der Waals surface area contributed by atoms with Gasteiger partial charge in [0.25, 0.3) is 0 Å². The van der Waals surface area contributed by atoms with Gasteiger partial charge in [-0.1, -0.05) is 26.7 Å². The molecule has 2 heteroatoms. The highest BCUT2D eigenvalue weighted by Gasteiger charge is 2.22. The van der Waals surface area contributed by atoms with Gasteiger partial charge in [-0.3, -0.25) is 4.79 Å². The molecule has 0 aromatic heterocycles. The maximum atomic E-state index is 11.1. The molecule has 2 atom stereocenters. The number of esters is 1. The van der Waals surface area contributed by atoms with Crippen LogP contribution in [0.25, 0.3) is 0 Å². The molecular weight excluding hydrogens is 164 g/mol. The van der Waals surface area contributed by atoms with Crippen LogP contribution in [0.3, 0.4) is 0 Å². The van der Waals surface area contributed by atoms with Crippen LogP contribution in [0.2, 0.25) is 0 Å². The Balaban J connectivity index is 2.29. The van der Waals surface area contributed by atoms with E-state index >= 15 is 0 Å². The van der Waals surface area contributed by atoms with Gasteiger partial charge >= 0.3 is 5.97 Å². The van der Waals surface area contributed by atoms with E-state index in [1.165, 1.54) is 19.3 Å². The average molecular weight is 184 g/mol. The Kier molecular flexibility index (Phi) is 4.26. The van der Waals surface area contributed by atoms with E-state index in [2.05, 4.69) is 6.92 Å². The van der Waals surface area contributed by atoms with E-state index in [0.717, 1.165) is 18.8 Å². The molecule has 0 aromatic rings. The maximum Gasteiger partial charge on any atom is 0.305 e. The van der Waals surface area contributed by atoms with Crippen molar-refractivity contribution >= 4 is 5.97 Å². The molecule has 1 saturated carbocycles. The molecule has 13 heavy (non-hydrogen) atoms. The van der Waals surface area contributed by atoms with E-state index in [1.807, 2.05) is 6.92 Å². The lowest BCUT2D eigenvalue weighted by Gasteiger charge is -2.27. The summed E-state index contributed by atoms with van der Waals surface area (Å²) in [5, 5.41) is 0. The number of rotatable bonds is 3. The van der Waals surface area contributed by atoms with Crippen LogP contribution >= 0.6 is 0 Å². The van der Waals surface area contributed by atoms with Crippen LogP contribution in [0.15, 0.2) is 0 Å². The van der Waals surface area contributed by atoms with Crippen molar-refractivity contribution in [1.82, 2.24) is 0 Å². The lowest BCUT2D eigenvalue weighted by atomic mass is 9.85. The minimum Gasteiger partial charge on any atom is -0.462 e. The van der Waals surface area contributed by atoms with Crippen LogP contribution in [-0.2, 0) is 9.53 Å². The zero-order valence-electron chi connectivity index (χ0n) is 8.71. The van der Waals surface area contributed by atoms with Crippen LogP contribution in [0, 0.1) is 5.92 Å². The van der Waals surface area contributed by atoms with Crippen molar-refractivity contribution in [3.63, 3.8) is 0 Å². The van der Waals surface area contributed by atoms with E-state index in [4.69, 9.17) is 4.74 Å². The number of hydrogen-bond donors (Lipinski definition) is 0. The Morgan fingerprint density at radius 2 is 2.15 bits per heavy atom. The van der Waals surface area contributed by atoms with Gasteiger partial charge in [0.15, 0.2) is 0 Å². The van der Waals surface area contributed by atoms with Crippen molar-refractivity contribution < 1.29 is 9.53 Å². The van der Waals surface area contributed by atoms with Gasteiger partial charge in [0.1, 0.15) is 6.10 Å². The minimum absolute atomic E-state index is 0.0400. The fourth-order valence-corrected chi connectivity index (χ4v) is 1.99. The highest BCUT2D eigenvalue weighted by Crippen LogP contribution is 2.28. The molecule has 2 unspecified atom stereocenters. The van der Waals surface area contributed by atoms with Crippen molar-refractivity contribution in [2.45, 2.75) is 58.5 Å². The summed E-state index contributed by atoms with van der Waals surface area (Å²) in [6.45, 7) is 4.07. The maximum absolute atomic E-state index is 11.1. The lowest BCUT2D eigenvalue weighted by molar-refractivity contribution is -0.150. The molecular formula is C11H20O2. The molecule has 0 bridgehead atoms. The number of hydrogen-bond acceptors (Lipinski definition) is 2. The predicted octanol–water partition coefficient (Wildman–Crippen LogP) is 2.91. The molecule has 1 aliphatic rings. The van der Waals surface area contributed by atoms with E-state index in [-0.39, 0.29) is 12.1 Å². The lowest BCUT2D eigenvalue weighted by Crippen LogP contribution is -2.25. The minimum atomic E-state index is -0.0400. The molecule has 0 aromatic carbocycles. The first kappa shape index (κ1) is 10.6. The SMILES string of the molecule is CCC(=O)OC1CCCC(CC)C1. The third-order valence-electron chi connectivity index (χ3n) is 2.90. The summed E-state index contributed by atoms with van der Waals surface area (Å²) in [5.74, 6) is 0.741. The van der Waals surface area contributed by atoms with Crippen molar-refractivity contribution in [1.29, 1.82) is 0 Å². The van der Waals surface area contributed by atoms with Crippen molar-refractivity contribution in [3.8, 4) is 0 Å². The summed E-state index contributed by atoms with van der Waals surface area (Å²) < 4.78 is 5.33. The summed E-state index contributed by atoms with van der Waals surface area (Å²) >= 11 is 0. The zero-order chi connectivity index (χ0) is 9.68. The molecule has 76 valence electrons. The zero-order valence-corrected chi connectivity index (χ0v) is 8.71. The van der Waals surface area contributed by atoms with Crippen LogP contribution in [0.5, 0.6) is 0 Å². The fraction of sp³-hybridized carbons (Fsp3) is 0.909. The number of ether oxygens (including phenoxy) is 1. The monoisotopic (exact) mass is 184 g/mol. The van der Waals surface area contributed by atoms with Crippen LogP contribution in [0.4, 0.5) is 0 Å². The second-order valence-corrected chi connectivity index (χ2v) is 3.91. The topological polar surface area (TPSA) is 26.3 Å². The second-order valence-electron chi connectivity index (χ2n) is 3.91. The standard InChI is InChI=1S/C11H20O2/c1-3-9-6-5-7-10(8-9)13-11(12)4-2/h9-10H,3-8H2,1-2H3. The Hall–Kier alpha value is -0.530. The summed E-state index contributed by atoms with van der Waals surface area (Å²) in [4.78, 5) is 11.1. The smallest absolute Gasteiger partial charge is 0.305 e. The normalized spacial score (nSPS) is 28.5. The Labute approximate surface area is 80.7 Å². The quantitative estimate of drug-likeness (QED) is 0.630. The van der Waals surface area contributed by atoms with Crippen molar-refractivity contribution in [2.75, 3.05) is 0 Å². The molecule has 0 heterocycles. The third kappa shape index (κ3) is 3.37. The Bertz CT molecular complexity index is 165. The van der Waals surface area contributed by atoms with Gasteiger partial charge in [-0.25, -0.2) is 0 Å². The molecule has 0 amide bonds. The van der Waals surface area contributed by atoms with Gasteiger partial charge < -0.3 is 4.74 Å². The first-order valence-corrected chi connectivity index (χ1v) is 5.45. The summed E-state index contributed by atoms with van der Waals surface area (Å²) in [6.07, 6.45) is 6.64. The van der Waals surface area contributed by atoms with Gasteiger partial charge in [-0.05, 0) is 25.2 Å². The highest BCUT2D eigenvalue weighted by atomic mass is 16.5. The predicted molar refractivity (Wildman–Crippen MR) is 52.4 cm³/mol. The van der Waals surface area contributed by atoms with Gasteiger partial charge in [-0.2, -0.15) is 0 Å². The fourth-order valence-electron chi connectivity index (χ4n) is 1.99. The molecule has 0 radical (unpaired) electrons. The van der Waals surface area contributed by atoms with Crippen LogP contribution in [0.1, 0.15) is 52.4 Å². The van der Waals surface area contributed by atoms with Crippen molar-refractivity contribution in [3.05, 3.63) is 0 Å².